The van der Waals surface area contributed by atoms with Crippen LogP contribution in [0, 0.1) is 13.8 Å². The van der Waals surface area contributed by atoms with Gasteiger partial charge < -0.3 is 19.1 Å². The number of aromatic nitrogens is 1. The molecule has 1 saturated heterocycles. The lowest BCUT2D eigenvalue weighted by atomic mass is 10.0. The first-order valence-corrected chi connectivity index (χ1v) is 18.2. The highest BCUT2D eigenvalue weighted by molar-refractivity contribution is 5.92. The number of ether oxygens (including phenoxy) is 3. The number of carbonyl (C=O) groups excluding carboxylic acids is 1. The summed E-state index contributed by atoms with van der Waals surface area (Å²) in [4.78, 5) is 21.8. The third-order valence-corrected chi connectivity index (χ3v) is 9.39. The van der Waals surface area contributed by atoms with Gasteiger partial charge in [-0.3, -0.25) is 9.69 Å². The van der Waals surface area contributed by atoms with Gasteiger partial charge in [-0.1, -0.05) is 86.1 Å². The van der Waals surface area contributed by atoms with E-state index in [1.165, 1.54) is 22.3 Å². The van der Waals surface area contributed by atoms with E-state index in [9.17, 15) is 4.79 Å². The molecule has 0 N–H and O–H groups in total. The zero-order valence-corrected chi connectivity index (χ0v) is 32.0. The molecule has 1 amide bonds. The molecule has 0 saturated carbocycles. The maximum atomic E-state index is 13.0. The highest BCUT2D eigenvalue weighted by Gasteiger charge is 2.19. The van der Waals surface area contributed by atoms with Crippen LogP contribution in [-0.2, 0) is 24.4 Å². The lowest BCUT2D eigenvalue weighted by molar-refractivity contribution is -0.127. The molecule has 0 bridgehead atoms. The Kier molecular flexibility index (Phi) is 14.1. The Morgan fingerprint density at radius 2 is 1.45 bits per heavy atom. The number of hydrogen-bond donors (Lipinski definition) is 0. The van der Waals surface area contributed by atoms with Crippen molar-refractivity contribution >= 4 is 24.4 Å². The highest BCUT2D eigenvalue weighted by Crippen LogP contribution is 2.26. The molecular weight excluding hydrogens is 682 g/mol. The van der Waals surface area contributed by atoms with Gasteiger partial charge in [0.1, 0.15) is 23.9 Å². The molecule has 0 aliphatic carbocycles. The number of hydrogen-bond acceptors (Lipinski definition) is 6. The number of halogens is 1. The van der Waals surface area contributed by atoms with Crippen LogP contribution in [-0.4, -0.2) is 53.5 Å². The minimum atomic E-state index is 0. The van der Waals surface area contributed by atoms with Crippen molar-refractivity contribution in [3.63, 3.8) is 0 Å². The Hall–Kier alpha value is -5.11. The molecule has 0 atom stereocenters. The Labute approximate surface area is 320 Å². The number of carbonyl (C=O) groups is 1. The molecule has 1 aliphatic heterocycles. The fourth-order valence-electron chi connectivity index (χ4n) is 6.07. The number of aryl methyl sites for hydroxylation is 2. The number of benzene rings is 4. The average Bonchev–Trinajstić information content (AvgIpc) is 3.16. The topological polar surface area (TPSA) is 64.1 Å². The number of piperazine rings is 1. The van der Waals surface area contributed by atoms with Crippen molar-refractivity contribution in [3.05, 3.63) is 154 Å². The summed E-state index contributed by atoms with van der Waals surface area (Å²) in [7, 11) is 0. The predicted octanol–water partition coefficient (Wildman–Crippen LogP) is 9.59. The molecule has 53 heavy (non-hydrogen) atoms. The smallest absolute Gasteiger partial charge is 0.246 e. The van der Waals surface area contributed by atoms with Crippen molar-refractivity contribution < 1.29 is 19.0 Å². The fraction of sp³-hybridized carbons (Fsp3) is 0.289. The average molecular weight is 732 g/mol. The largest absolute Gasteiger partial charge is 0.493 e. The van der Waals surface area contributed by atoms with Crippen LogP contribution in [0.5, 0.6) is 23.1 Å². The van der Waals surface area contributed by atoms with Crippen molar-refractivity contribution in [3.8, 4) is 23.1 Å². The van der Waals surface area contributed by atoms with E-state index in [0.717, 1.165) is 48.5 Å². The monoisotopic (exact) mass is 731 g/mol. The first-order valence-electron chi connectivity index (χ1n) is 18.2. The molecule has 8 heteroatoms. The van der Waals surface area contributed by atoms with E-state index in [-0.39, 0.29) is 18.3 Å². The van der Waals surface area contributed by atoms with Crippen LogP contribution >= 0.6 is 12.4 Å². The molecule has 2 heterocycles. The third-order valence-electron chi connectivity index (χ3n) is 9.39. The second-order valence-corrected chi connectivity index (χ2v) is 13.8. The first kappa shape index (κ1) is 39.1. The van der Waals surface area contributed by atoms with E-state index in [4.69, 9.17) is 14.2 Å². The summed E-state index contributed by atoms with van der Waals surface area (Å²) < 4.78 is 17.9. The van der Waals surface area contributed by atoms with E-state index >= 15 is 0 Å². The zero-order chi connectivity index (χ0) is 36.3. The Bertz CT molecular complexity index is 1920. The predicted molar refractivity (Wildman–Crippen MR) is 215 cm³/mol. The maximum absolute atomic E-state index is 13.0. The quantitative estimate of drug-likeness (QED) is 0.106. The van der Waals surface area contributed by atoms with E-state index in [0.29, 0.717) is 49.6 Å². The van der Waals surface area contributed by atoms with E-state index < -0.39 is 0 Å². The summed E-state index contributed by atoms with van der Waals surface area (Å²) in [5.74, 6) is 3.37. The van der Waals surface area contributed by atoms with Crippen LogP contribution in [0.15, 0.2) is 115 Å². The first-order chi connectivity index (χ1) is 25.3. The van der Waals surface area contributed by atoms with Gasteiger partial charge in [0.25, 0.3) is 0 Å². The second-order valence-electron chi connectivity index (χ2n) is 13.8. The zero-order valence-electron chi connectivity index (χ0n) is 31.2. The second kappa shape index (κ2) is 19.1. The van der Waals surface area contributed by atoms with Gasteiger partial charge in [-0.15, -0.1) is 12.4 Å². The molecular formula is C45H50ClN3O4. The highest BCUT2D eigenvalue weighted by atomic mass is 35.5. The molecule has 5 aromatic rings. The number of nitrogens with zero attached hydrogens (tertiary/aromatic N) is 3. The molecule has 6 rings (SSSR count). The van der Waals surface area contributed by atoms with Gasteiger partial charge in [0.05, 0.1) is 12.8 Å². The number of rotatable bonds is 14. The Morgan fingerprint density at radius 1 is 0.774 bits per heavy atom. The number of amides is 1. The van der Waals surface area contributed by atoms with Crippen LogP contribution in [0.4, 0.5) is 0 Å². The standard InChI is InChI=1S/C45H49N3O4.ClH/c1-33(2)40-15-17-41(18-16-40)50-28-23-36-9-11-38(12-10-36)31-47-24-26-48(27-25-47)45(49)22-14-37-13-20-43(35(4)29-37)52-44-21-19-42(30-46-44)51-32-39-7-5-34(3)6-8-39;/h5-22,29-30,33H,23-28,31-32H2,1-4H3;1H/b22-14+;. The van der Waals surface area contributed by atoms with Gasteiger partial charge in [-0.05, 0) is 89.6 Å². The van der Waals surface area contributed by atoms with Crippen LogP contribution in [0.25, 0.3) is 6.08 Å². The lowest BCUT2D eigenvalue weighted by Crippen LogP contribution is -2.47. The van der Waals surface area contributed by atoms with Gasteiger partial charge in [0.15, 0.2) is 0 Å². The molecule has 4 aromatic carbocycles. The van der Waals surface area contributed by atoms with Gasteiger partial charge in [-0.25, -0.2) is 4.98 Å². The van der Waals surface area contributed by atoms with E-state index in [2.05, 4.69) is 103 Å². The van der Waals surface area contributed by atoms with Crippen molar-refractivity contribution in [1.29, 1.82) is 0 Å². The van der Waals surface area contributed by atoms with Crippen LogP contribution < -0.4 is 14.2 Å². The Morgan fingerprint density at radius 3 is 2.11 bits per heavy atom. The van der Waals surface area contributed by atoms with Gasteiger partial charge in [-0.2, -0.15) is 0 Å². The summed E-state index contributed by atoms with van der Waals surface area (Å²) in [5, 5.41) is 0. The summed E-state index contributed by atoms with van der Waals surface area (Å²) in [6, 6.07) is 35.0. The normalized spacial score (nSPS) is 13.2. The van der Waals surface area contributed by atoms with Gasteiger partial charge in [0.2, 0.25) is 11.8 Å². The summed E-state index contributed by atoms with van der Waals surface area (Å²) in [5.41, 5.74) is 8.11. The minimum Gasteiger partial charge on any atom is -0.493 e. The van der Waals surface area contributed by atoms with E-state index in [1.807, 2.05) is 42.2 Å². The number of pyridine rings is 1. The van der Waals surface area contributed by atoms with Crippen molar-refractivity contribution in [2.75, 3.05) is 32.8 Å². The maximum Gasteiger partial charge on any atom is 0.246 e. The molecule has 0 spiro atoms. The van der Waals surface area contributed by atoms with Crippen molar-refractivity contribution in [1.82, 2.24) is 14.8 Å². The van der Waals surface area contributed by atoms with Gasteiger partial charge in [0, 0.05) is 51.3 Å². The minimum absolute atomic E-state index is 0. The third kappa shape index (κ3) is 11.7. The molecule has 7 nitrogen and oxygen atoms in total. The molecule has 1 aromatic heterocycles. The van der Waals surface area contributed by atoms with Gasteiger partial charge >= 0.3 is 0 Å². The summed E-state index contributed by atoms with van der Waals surface area (Å²) in [6.07, 6.45) is 6.09. The lowest BCUT2D eigenvalue weighted by Gasteiger charge is -2.34. The van der Waals surface area contributed by atoms with Crippen molar-refractivity contribution in [2.24, 2.45) is 0 Å². The van der Waals surface area contributed by atoms with E-state index in [1.54, 1.807) is 18.3 Å². The molecule has 276 valence electrons. The SMILES string of the molecule is Cc1ccc(COc2ccc(Oc3ccc(/C=C/C(=O)N4CCN(Cc5ccc(CCOc6ccc(C(C)C)cc6)cc5)CC4)cc3C)nc2)cc1.Cl. The molecule has 1 fully saturated rings. The van der Waals surface area contributed by atoms with Crippen molar-refractivity contribution in [2.45, 2.75) is 53.2 Å². The van der Waals surface area contributed by atoms with Crippen LogP contribution in [0.1, 0.15) is 58.7 Å². The molecule has 1 aliphatic rings. The Balaban J connectivity index is 0.00000541. The summed E-state index contributed by atoms with van der Waals surface area (Å²) in [6.45, 7) is 13.6. The molecule has 0 radical (unpaired) electrons. The van der Waals surface area contributed by atoms with Crippen LogP contribution in [0.3, 0.4) is 0 Å². The summed E-state index contributed by atoms with van der Waals surface area (Å²) >= 11 is 0. The fourth-order valence-corrected chi connectivity index (χ4v) is 6.07. The molecule has 0 unspecified atom stereocenters. The van der Waals surface area contributed by atoms with Crippen LogP contribution in [0.2, 0.25) is 0 Å².